The average molecular weight is 275 g/mol. The standard InChI is InChI=1S/C17H19F2N/c1-2-16(13-6-4-3-5-7-13)17(20)10-12-8-14(18)11-15(19)9-12/h3-9,11,16-17H,2,10,20H2,1H3. The monoisotopic (exact) mass is 275 g/mol. The Bertz CT molecular complexity index is 534. The molecule has 0 aliphatic carbocycles. The summed E-state index contributed by atoms with van der Waals surface area (Å²) in [6.45, 7) is 2.07. The van der Waals surface area contributed by atoms with Crippen LogP contribution < -0.4 is 5.73 Å². The SMILES string of the molecule is CCC(c1ccccc1)C(N)Cc1cc(F)cc(F)c1. The van der Waals surface area contributed by atoms with Crippen LogP contribution in [0.1, 0.15) is 30.4 Å². The fourth-order valence-corrected chi connectivity index (χ4v) is 2.63. The average Bonchev–Trinajstić information content (AvgIpc) is 2.39. The Labute approximate surface area is 118 Å². The van der Waals surface area contributed by atoms with Crippen LogP contribution in [0.15, 0.2) is 48.5 Å². The van der Waals surface area contributed by atoms with Gasteiger partial charge in [-0.05, 0) is 42.0 Å². The highest BCUT2D eigenvalue weighted by molar-refractivity contribution is 5.24. The largest absolute Gasteiger partial charge is 0.327 e. The number of hydrogen-bond donors (Lipinski definition) is 1. The lowest BCUT2D eigenvalue weighted by molar-refractivity contribution is 0.510. The van der Waals surface area contributed by atoms with Crippen LogP contribution in [-0.2, 0) is 6.42 Å². The second-order valence-electron chi connectivity index (χ2n) is 5.07. The summed E-state index contributed by atoms with van der Waals surface area (Å²) in [5, 5.41) is 0. The Kier molecular flexibility index (Phi) is 4.85. The molecule has 106 valence electrons. The Morgan fingerprint density at radius 1 is 1.00 bits per heavy atom. The van der Waals surface area contributed by atoms with Gasteiger partial charge in [0.15, 0.2) is 0 Å². The molecular weight excluding hydrogens is 256 g/mol. The minimum Gasteiger partial charge on any atom is -0.327 e. The summed E-state index contributed by atoms with van der Waals surface area (Å²) < 4.78 is 26.4. The number of halogens is 2. The third-order valence-corrected chi connectivity index (χ3v) is 3.58. The maximum Gasteiger partial charge on any atom is 0.126 e. The molecule has 0 fully saturated rings. The number of benzene rings is 2. The molecule has 0 saturated carbocycles. The van der Waals surface area contributed by atoms with E-state index in [1.165, 1.54) is 17.7 Å². The first-order valence-corrected chi connectivity index (χ1v) is 6.85. The molecule has 0 radical (unpaired) electrons. The van der Waals surface area contributed by atoms with Crippen LogP contribution in [-0.4, -0.2) is 6.04 Å². The van der Waals surface area contributed by atoms with Gasteiger partial charge < -0.3 is 5.73 Å². The number of rotatable bonds is 5. The van der Waals surface area contributed by atoms with E-state index < -0.39 is 11.6 Å². The molecule has 0 amide bonds. The molecule has 0 aliphatic rings. The van der Waals surface area contributed by atoms with Crippen molar-refractivity contribution in [1.82, 2.24) is 0 Å². The summed E-state index contributed by atoms with van der Waals surface area (Å²) in [4.78, 5) is 0. The molecule has 2 rings (SSSR count). The Morgan fingerprint density at radius 2 is 1.60 bits per heavy atom. The lowest BCUT2D eigenvalue weighted by Crippen LogP contribution is -2.30. The zero-order valence-electron chi connectivity index (χ0n) is 11.5. The van der Waals surface area contributed by atoms with Crippen LogP contribution in [0.5, 0.6) is 0 Å². The molecule has 2 atom stereocenters. The molecule has 0 aliphatic heterocycles. The van der Waals surface area contributed by atoms with Gasteiger partial charge in [-0.2, -0.15) is 0 Å². The van der Waals surface area contributed by atoms with E-state index in [1.54, 1.807) is 0 Å². The maximum absolute atomic E-state index is 13.2. The van der Waals surface area contributed by atoms with E-state index in [4.69, 9.17) is 5.73 Å². The highest BCUT2D eigenvalue weighted by Gasteiger charge is 2.18. The van der Waals surface area contributed by atoms with Crippen LogP contribution >= 0.6 is 0 Å². The summed E-state index contributed by atoms with van der Waals surface area (Å²) in [6.07, 6.45) is 1.35. The molecule has 0 saturated heterocycles. The van der Waals surface area contributed by atoms with E-state index in [0.717, 1.165) is 12.5 Å². The highest BCUT2D eigenvalue weighted by Crippen LogP contribution is 2.24. The molecule has 0 aromatic heterocycles. The van der Waals surface area contributed by atoms with Gasteiger partial charge in [0.05, 0.1) is 0 Å². The second kappa shape index (κ2) is 6.62. The van der Waals surface area contributed by atoms with Crippen molar-refractivity contribution in [2.24, 2.45) is 5.73 Å². The number of hydrogen-bond acceptors (Lipinski definition) is 1. The van der Waals surface area contributed by atoms with Crippen molar-refractivity contribution in [3.63, 3.8) is 0 Å². The van der Waals surface area contributed by atoms with E-state index >= 15 is 0 Å². The zero-order valence-corrected chi connectivity index (χ0v) is 11.5. The van der Waals surface area contributed by atoms with Gasteiger partial charge >= 0.3 is 0 Å². The van der Waals surface area contributed by atoms with Gasteiger partial charge in [-0.1, -0.05) is 37.3 Å². The predicted octanol–water partition coefficient (Wildman–Crippen LogP) is 4.03. The topological polar surface area (TPSA) is 26.0 Å². The van der Waals surface area contributed by atoms with E-state index in [9.17, 15) is 8.78 Å². The quantitative estimate of drug-likeness (QED) is 0.876. The van der Waals surface area contributed by atoms with Crippen molar-refractivity contribution in [3.05, 3.63) is 71.3 Å². The minimum absolute atomic E-state index is 0.163. The van der Waals surface area contributed by atoms with E-state index in [-0.39, 0.29) is 12.0 Å². The maximum atomic E-state index is 13.2. The van der Waals surface area contributed by atoms with Crippen LogP contribution in [0.3, 0.4) is 0 Å². The molecule has 2 aromatic carbocycles. The van der Waals surface area contributed by atoms with Gasteiger partial charge in [0.1, 0.15) is 11.6 Å². The third-order valence-electron chi connectivity index (χ3n) is 3.58. The first-order valence-electron chi connectivity index (χ1n) is 6.85. The predicted molar refractivity (Wildman–Crippen MR) is 77.5 cm³/mol. The van der Waals surface area contributed by atoms with E-state index in [2.05, 4.69) is 6.92 Å². The zero-order chi connectivity index (χ0) is 14.5. The summed E-state index contributed by atoms with van der Waals surface area (Å²) in [7, 11) is 0. The van der Waals surface area contributed by atoms with Crippen LogP contribution in [0.2, 0.25) is 0 Å². The Morgan fingerprint density at radius 3 is 2.15 bits per heavy atom. The Hall–Kier alpha value is -1.74. The molecule has 2 aromatic rings. The second-order valence-corrected chi connectivity index (χ2v) is 5.07. The van der Waals surface area contributed by atoms with E-state index in [1.807, 2.05) is 30.3 Å². The fraction of sp³-hybridized carbons (Fsp3) is 0.294. The van der Waals surface area contributed by atoms with Crippen molar-refractivity contribution in [2.45, 2.75) is 31.7 Å². The van der Waals surface area contributed by atoms with Gasteiger partial charge in [0.2, 0.25) is 0 Å². The first-order chi connectivity index (χ1) is 9.60. The van der Waals surface area contributed by atoms with Crippen LogP contribution in [0.25, 0.3) is 0 Å². The highest BCUT2D eigenvalue weighted by atomic mass is 19.1. The van der Waals surface area contributed by atoms with Gasteiger partial charge in [-0.3, -0.25) is 0 Å². The molecule has 0 spiro atoms. The Balaban J connectivity index is 2.15. The molecular formula is C17H19F2N. The van der Waals surface area contributed by atoms with Crippen molar-refractivity contribution >= 4 is 0 Å². The number of nitrogens with two attached hydrogens (primary N) is 1. The molecule has 0 bridgehead atoms. The van der Waals surface area contributed by atoms with Crippen molar-refractivity contribution in [3.8, 4) is 0 Å². The van der Waals surface area contributed by atoms with Crippen LogP contribution in [0.4, 0.5) is 8.78 Å². The normalized spacial score (nSPS) is 14.0. The summed E-state index contributed by atoms with van der Waals surface area (Å²) >= 11 is 0. The van der Waals surface area contributed by atoms with Gasteiger partial charge in [0.25, 0.3) is 0 Å². The van der Waals surface area contributed by atoms with Crippen molar-refractivity contribution in [2.75, 3.05) is 0 Å². The summed E-state index contributed by atoms with van der Waals surface area (Å²) in [6, 6.07) is 13.4. The smallest absolute Gasteiger partial charge is 0.126 e. The summed E-state index contributed by atoms with van der Waals surface area (Å²) in [5.41, 5.74) is 8.02. The van der Waals surface area contributed by atoms with Crippen LogP contribution in [0, 0.1) is 11.6 Å². The lowest BCUT2D eigenvalue weighted by Gasteiger charge is -2.23. The minimum atomic E-state index is -0.556. The van der Waals surface area contributed by atoms with Gasteiger partial charge in [-0.15, -0.1) is 0 Å². The molecule has 1 nitrogen and oxygen atoms in total. The molecule has 3 heteroatoms. The van der Waals surface area contributed by atoms with Crippen molar-refractivity contribution < 1.29 is 8.78 Å². The van der Waals surface area contributed by atoms with Gasteiger partial charge in [-0.25, -0.2) is 8.78 Å². The summed E-state index contributed by atoms with van der Waals surface area (Å²) in [5.74, 6) is -0.928. The molecule has 2 unspecified atom stereocenters. The molecule has 20 heavy (non-hydrogen) atoms. The first kappa shape index (κ1) is 14.7. The molecule has 2 N–H and O–H groups in total. The molecule has 0 heterocycles. The third kappa shape index (κ3) is 3.64. The fourth-order valence-electron chi connectivity index (χ4n) is 2.63. The van der Waals surface area contributed by atoms with E-state index in [0.29, 0.717) is 12.0 Å². The van der Waals surface area contributed by atoms with Gasteiger partial charge in [0, 0.05) is 12.1 Å². The lowest BCUT2D eigenvalue weighted by atomic mass is 9.86. The van der Waals surface area contributed by atoms with Crippen molar-refractivity contribution in [1.29, 1.82) is 0 Å².